The van der Waals surface area contributed by atoms with Crippen LogP contribution in [0.3, 0.4) is 0 Å². The average Bonchev–Trinajstić information content (AvgIpc) is 2.92. The number of carboxylic acids is 1. The molecule has 1 aromatic heterocycles. The minimum Gasteiger partial charge on any atom is -0.481 e. The maximum atomic E-state index is 11.2. The van der Waals surface area contributed by atoms with Crippen LogP contribution in [-0.2, 0) is 11.3 Å². The average molecular weight is 270 g/mol. The lowest BCUT2D eigenvalue weighted by Crippen LogP contribution is -2.40. The molecule has 0 amide bonds. The quantitative estimate of drug-likeness (QED) is 0.748. The Hall–Kier alpha value is -2.07. The summed E-state index contributed by atoms with van der Waals surface area (Å²) in [5, 5.41) is 13.8. The molecular formula is C16H18N2O2. The van der Waals surface area contributed by atoms with Crippen LogP contribution in [0.25, 0.3) is 10.9 Å². The summed E-state index contributed by atoms with van der Waals surface area (Å²) in [6.07, 6.45) is 7.34. The van der Waals surface area contributed by atoms with Gasteiger partial charge in [0.05, 0.1) is 5.92 Å². The van der Waals surface area contributed by atoms with Crippen molar-refractivity contribution in [2.24, 2.45) is 5.92 Å². The Balaban J connectivity index is 1.68. The minimum absolute atomic E-state index is 0.0134. The smallest absolute Gasteiger partial charge is 0.308 e. The van der Waals surface area contributed by atoms with Crippen LogP contribution in [-0.4, -0.2) is 22.1 Å². The first-order valence-electron chi connectivity index (χ1n) is 6.91. The van der Waals surface area contributed by atoms with E-state index in [0.29, 0.717) is 13.0 Å². The van der Waals surface area contributed by atoms with E-state index in [4.69, 9.17) is 0 Å². The summed E-state index contributed by atoms with van der Waals surface area (Å²) >= 11 is 0. The molecule has 0 saturated heterocycles. The molecule has 2 atom stereocenters. The summed E-state index contributed by atoms with van der Waals surface area (Å²) in [6.45, 7) is 0.698. The first kappa shape index (κ1) is 12.9. The SMILES string of the molecule is O=C(O)[C@@H]1CC=CC[C@@H]1NCc1ccc2[nH]ccc2c1. The van der Waals surface area contributed by atoms with E-state index in [1.165, 1.54) is 10.9 Å². The van der Waals surface area contributed by atoms with Gasteiger partial charge < -0.3 is 15.4 Å². The number of benzene rings is 1. The van der Waals surface area contributed by atoms with Crippen molar-refractivity contribution in [3.8, 4) is 0 Å². The minimum atomic E-state index is -0.715. The molecule has 3 N–H and O–H groups in total. The zero-order valence-corrected chi connectivity index (χ0v) is 11.2. The number of fused-ring (bicyclic) bond motifs is 1. The van der Waals surface area contributed by atoms with Gasteiger partial charge in [0.15, 0.2) is 0 Å². The van der Waals surface area contributed by atoms with Crippen molar-refractivity contribution in [2.75, 3.05) is 0 Å². The molecule has 0 aliphatic heterocycles. The lowest BCUT2D eigenvalue weighted by atomic mass is 9.89. The van der Waals surface area contributed by atoms with Crippen molar-refractivity contribution >= 4 is 16.9 Å². The van der Waals surface area contributed by atoms with Crippen molar-refractivity contribution in [1.29, 1.82) is 0 Å². The summed E-state index contributed by atoms with van der Waals surface area (Å²) in [7, 11) is 0. The predicted octanol–water partition coefficient (Wildman–Crippen LogP) is 2.68. The molecule has 20 heavy (non-hydrogen) atoms. The van der Waals surface area contributed by atoms with Gasteiger partial charge in [-0.3, -0.25) is 4.79 Å². The molecular weight excluding hydrogens is 252 g/mol. The number of carbonyl (C=O) groups is 1. The number of aromatic amines is 1. The highest BCUT2D eigenvalue weighted by Gasteiger charge is 2.27. The molecule has 0 fully saturated rings. The summed E-state index contributed by atoms with van der Waals surface area (Å²) in [6, 6.07) is 8.32. The fourth-order valence-corrected chi connectivity index (χ4v) is 2.77. The van der Waals surface area contributed by atoms with E-state index in [1.54, 1.807) is 0 Å². The number of aromatic nitrogens is 1. The van der Waals surface area contributed by atoms with Gasteiger partial charge in [0.25, 0.3) is 0 Å². The number of H-pyrrole nitrogens is 1. The normalized spacial score (nSPS) is 22.2. The van der Waals surface area contributed by atoms with Crippen LogP contribution >= 0.6 is 0 Å². The Morgan fingerprint density at radius 1 is 1.30 bits per heavy atom. The number of nitrogens with one attached hydrogen (secondary N) is 2. The lowest BCUT2D eigenvalue weighted by molar-refractivity contribution is -0.142. The zero-order valence-electron chi connectivity index (χ0n) is 11.2. The summed E-state index contributed by atoms with van der Waals surface area (Å²) < 4.78 is 0. The second-order valence-electron chi connectivity index (χ2n) is 5.27. The van der Waals surface area contributed by atoms with E-state index in [0.717, 1.165) is 11.9 Å². The molecule has 0 saturated carbocycles. The predicted molar refractivity (Wildman–Crippen MR) is 78.4 cm³/mol. The van der Waals surface area contributed by atoms with Gasteiger partial charge in [0, 0.05) is 24.3 Å². The van der Waals surface area contributed by atoms with Gasteiger partial charge in [-0.05, 0) is 42.0 Å². The first-order chi connectivity index (χ1) is 9.74. The highest BCUT2D eigenvalue weighted by atomic mass is 16.4. The molecule has 0 unspecified atom stereocenters. The van der Waals surface area contributed by atoms with Crippen molar-refractivity contribution in [3.05, 3.63) is 48.2 Å². The molecule has 1 aromatic carbocycles. The third-order valence-electron chi connectivity index (χ3n) is 3.94. The third-order valence-corrected chi connectivity index (χ3v) is 3.94. The Labute approximate surface area is 117 Å². The highest BCUT2D eigenvalue weighted by Crippen LogP contribution is 2.20. The molecule has 2 aromatic rings. The molecule has 104 valence electrons. The molecule has 0 spiro atoms. The van der Waals surface area contributed by atoms with Gasteiger partial charge in [0.2, 0.25) is 0 Å². The maximum absolute atomic E-state index is 11.2. The Kier molecular flexibility index (Phi) is 3.56. The van der Waals surface area contributed by atoms with Gasteiger partial charge in [-0.2, -0.15) is 0 Å². The van der Waals surface area contributed by atoms with Crippen molar-refractivity contribution in [3.63, 3.8) is 0 Å². The monoisotopic (exact) mass is 270 g/mol. The topological polar surface area (TPSA) is 65.1 Å². The Bertz CT molecular complexity index is 645. The molecule has 4 heteroatoms. The van der Waals surface area contributed by atoms with E-state index in [-0.39, 0.29) is 12.0 Å². The summed E-state index contributed by atoms with van der Waals surface area (Å²) in [5.41, 5.74) is 2.30. The van der Waals surface area contributed by atoms with Crippen molar-refractivity contribution in [1.82, 2.24) is 10.3 Å². The molecule has 1 aliphatic rings. The van der Waals surface area contributed by atoms with Gasteiger partial charge >= 0.3 is 5.97 Å². The van der Waals surface area contributed by atoms with Gasteiger partial charge in [-0.25, -0.2) is 0 Å². The van der Waals surface area contributed by atoms with Crippen LogP contribution < -0.4 is 5.32 Å². The Morgan fingerprint density at radius 2 is 2.15 bits per heavy atom. The fourth-order valence-electron chi connectivity index (χ4n) is 2.77. The van der Waals surface area contributed by atoms with E-state index in [1.807, 2.05) is 18.3 Å². The van der Waals surface area contributed by atoms with Gasteiger partial charge in [0.1, 0.15) is 0 Å². The van der Waals surface area contributed by atoms with Gasteiger partial charge in [-0.15, -0.1) is 0 Å². The van der Waals surface area contributed by atoms with Crippen LogP contribution in [0.15, 0.2) is 42.6 Å². The van der Waals surface area contributed by atoms with Crippen LogP contribution in [0.5, 0.6) is 0 Å². The molecule has 1 aliphatic carbocycles. The second kappa shape index (κ2) is 5.51. The summed E-state index contributed by atoms with van der Waals surface area (Å²) in [5.74, 6) is -1.04. The maximum Gasteiger partial charge on any atom is 0.308 e. The Morgan fingerprint density at radius 3 is 3.00 bits per heavy atom. The van der Waals surface area contributed by atoms with E-state index in [9.17, 15) is 9.90 Å². The second-order valence-corrected chi connectivity index (χ2v) is 5.27. The van der Waals surface area contributed by atoms with E-state index >= 15 is 0 Å². The largest absolute Gasteiger partial charge is 0.481 e. The van der Waals surface area contributed by atoms with E-state index < -0.39 is 5.97 Å². The number of carboxylic acid groups (broad SMARTS) is 1. The molecule has 0 bridgehead atoms. The van der Waals surface area contributed by atoms with E-state index in [2.05, 4.69) is 34.6 Å². The van der Waals surface area contributed by atoms with Crippen molar-refractivity contribution < 1.29 is 9.90 Å². The zero-order chi connectivity index (χ0) is 13.9. The standard InChI is InChI=1S/C16H18N2O2/c19-16(20)13-3-1-2-4-15(13)18-10-11-5-6-14-12(9-11)7-8-17-14/h1-2,5-9,13,15,17-18H,3-4,10H2,(H,19,20)/t13-,15+/m1/s1. The number of allylic oxidation sites excluding steroid dienone is 1. The third kappa shape index (κ3) is 2.60. The first-order valence-corrected chi connectivity index (χ1v) is 6.91. The van der Waals surface area contributed by atoms with Crippen LogP contribution in [0, 0.1) is 5.92 Å². The van der Waals surface area contributed by atoms with Gasteiger partial charge in [-0.1, -0.05) is 18.2 Å². The lowest BCUT2D eigenvalue weighted by Gasteiger charge is -2.26. The number of hydrogen-bond donors (Lipinski definition) is 3. The fraction of sp³-hybridized carbons (Fsp3) is 0.312. The molecule has 4 nitrogen and oxygen atoms in total. The van der Waals surface area contributed by atoms with Crippen LogP contribution in [0.4, 0.5) is 0 Å². The molecule has 1 heterocycles. The highest BCUT2D eigenvalue weighted by molar-refractivity contribution is 5.79. The summed E-state index contributed by atoms with van der Waals surface area (Å²) in [4.78, 5) is 14.4. The van der Waals surface area contributed by atoms with Crippen molar-refractivity contribution in [2.45, 2.75) is 25.4 Å². The molecule has 3 rings (SSSR count). The van der Waals surface area contributed by atoms with Crippen LogP contribution in [0.2, 0.25) is 0 Å². The number of aliphatic carboxylic acids is 1. The van der Waals surface area contributed by atoms with Crippen LogP contribution in [0.1, 0.15) is 18.4 Å². The molecule has 0 radical (unpaired) electrons. The number of hydrogen-bond acceptors (Lipinski definition) is 2. The number of rotatable bonds is 4.